The maximum Gasteiger partial charge on any atom is 0.146 e. The SMILES string of the molecule is [CH2]OCO[CH2]. The lowest BCUT2D eigenvalue weighted by atomic mass is 11.4. The van der Waals surface area contributed by atoms with Crippen molar-refractivity contribution in [1.82, 2.24) is 0 Å². The molecule has 30 valence electrons. The molecule has 0 aliphatic carbocycles. The molecule has 0 saturated heterocycles. The summed E-state index contributed by atoms with van der Waals surface area (Å²) in [6, 6.07) is 0. The van der Waals surface area contributed by atoms with E-state index in [4.69, 9.17) is 0 Å². The quantitative estimate of drug-likeness (QED) is 0.445. The topological polar surface area (TPSA) is 18.5 Å². The van der Waals surface area contributed by atoms with Crippen molar-refractivity contribution in [3.8, 4) is 0 Å². The van der Waals surface area contributed by atoms with Crippen LogP contribution in [-0.2, 0) is 9.47 Å². The summed E-state index contributed by atoms with van der Waals surface area (Å²) in [4.78, 5) is 0. The van der Waals surface area contributed by atoms with Crippen LogP contribution in [-0.4, -0.2) is 6.79 Å². The smallest absolute Gasteiger partial charge is 0.146 e. The monoisotopic (exact) mass is 74.0 g/mol. The molecule has 0 aromatic heterocycles. The summed E-state index contributed by atoms with van der Waals surface area (Å²) < 4.78 is 8.31. The van der Waals surface area contributed by atoms with E-state index in [0.717, 1.165) is 0 Å². The van der Waals surface area contributed by atoms with Gasteiger partial charge in [-0.25, -0.2) is 0 Å². The molecule has 2 nitrogen and oxygen atoms in total. The van der Waals surface area contributed by atoms with Crippen LogP contribution in [0.2, 0.25) is 0 Å². The first-order valence-corrected chi connectivity index (χ1v) is 1.15. The zero-order chi connectivity index (χ0) is 4.12. The molecule has 0 bridgehead atoms. The fraction of sp³-hybridized carbons (Fsp3) is 0.333. The van der Waals surface area contributed by atoms with Gasteiger partial charge in [0.2, 0.25) is 0 Å². The number of rotatable bonds is 2. The van der Waals surface area contributed by atoms with E-state index in [1.807, 2.05) is 0 Å². The Morgan fingerprint density at radius 2 is 1.60 bits per heavy atom. The molecule has 0 amide bonds. The van der Waals surface area contributed by atoms with Crippen LogP contribution in [0.1, 0.15) is 0 Å². The maximum atomic E-state index is 4.16. The molecule has 5 heavy (non-hydrogen) atoms. The van der Waals surface area contributed by atoms with Crippen LogP contribution < -0.4 is 0 Å². The lowest BCUT2D eigenvalue weighted by Crippen LogP contribution is -1.82. The van der Waals surface area contributed by atoms with Crippen LogP contribution in [0.25, 0.3) is 0 Å². The third-order valence-corrected chi connectivity index (χ3v) is 0.167. The molecule has 0 aromatic rings. The highest BCUT2D eigenvalue weighted by Gasteiger charge is 1.64. The fourth-order valence-corrected chi connectivity index (χ4v) is 0.0589. The fourth-order valence-electron chi connectivity index (χ4n) is 0.0589. The van der Waals surface area contributed by atoms with E-state index >= 15 is 0 Å². The van der Waals surface area contributed by atoms with Crippen molar-refractivity contribution in [3.05, 3.63) is 14.2 Å². The minimum atomic E-state index is 0.167. The van der Waals surface area contributed by atoms with Crippen molar-refractivity contribution >= 4 is 0 Å². The molecule has 0 N–H and O–H groups in total. The maximum absolute atomic E-state index is 4.16. The van der Waals surface area contributed by atoms with Crippen molar-refractivity contribution in [2.75, 3.05) is 6.79 Å². The molecule has 0 aliphatic rings. The van der Waals surface area contributed by atoms with E-state index in [9.17, 15) is 0 Å². The standard InChI is InChI=1S/C3H6O2/c1-4-3-5-2/h1-3H2. The Labute approximate surface area is 31.7 Å². The summed E-state index contributed by atoms with van der Waals surface area (Å²) in [5, 5.41) is 0. The van der Waals surface area contributed by atoms with E-state index in [-0.39, 0.29) is 6.79 Å². The van der Waals surface area contributed by atoms with Gasteiger partial charge in [0, 0.05) is 0 Å². The molecule has 0 fully saturated rings. The van der Waals surface area contributed by atoms with Gasteiger partial charge in [-0.3, -0.25) is 0 Å². The molecule has 0 spiro atoms. The van der Waals surface area contributed by atoms with Gasteiger partial charge < -0.3 is 9.47 Å². The summed E-state index contributed by atoms with van der Waals surface area (Å²) in [7, 11) is 6.02. The molecular weight excluding hydrogens is 68.0 g/mol. The minimum absolute atomic E-state index is 0.167. The van der Waals surface area contributed by atoms with Crippen molar-refractivity contribution < 1.29 is 9.47 Å². The largest absolute Gasteiger partial charge is 0.353 e. The Morgan fingerprint density at radius 1 is 1.20 bits per heavy atom. The molecule has 0 unspecified atom stereocenters. The van der Waals surface area contributed by atoms with Crippen LogP contribution in [0, 0.1) is 14.2 Å². The Kier molecular flexibility index (Phi) is 3.86. The molecule has 0 atom stereocenters. The molecule has 0 heterocycles. The normalized spacial score (nSPS) is 8.40. The lowest BCUT2D eigenvalue weighted by molar-refractivity contribution is 0.0375. The van der Waals surface area contributed by atoms with Gasteiger partial charge in [-0.2, -0.15) is 0 Å². The zero-order valence-electron chi connectivity index (χ0n) is 2.94. The third kappa shape index (κ3) is 3.92. The first kappa shape index (κ1) is 4.92. The lowest BCUT2D eigenvalue weighted by Gasteiger charge is -1.86. The van der Waals surface area contributed by atoms with Crippen molar-refractivity contribution in [1.29, 1.82) is 0 Å². The average molecular weight is 74.1 g/mol. The van der Waals surface area contributed by atoms with Crippen LogP contribution in [0.4, 0.5) is 0 Å². The van der Waals surface area contributed by atoms with E-state index in [1.54, 1.807) is 0 Å². The Hall–Kier alpha value is -0.0800. The van der Waals surface area contributed by atoms with Crippen LogP contribution in [0.5, 0.6) is 0 Å². The second-order valence-corrected chi connectivity index (χ2v) is 0.526. The number of ether oxygens (including phenoxy) is 2. The summed E-state index contributed by atoms with van der Waals surface area (Å²) >= 11 is 0. The van der Waals surface area contributed by atoms with Gasteiger partial charge in [-0.15, -0.1) is 0 Å². The van der Waals surface area contributed by atoms with Crippen molar-refractivity contribution in [2.45, 2.75) is 0 Å². The van der Waals surface area contributed by atoms with Crippen molar-refractivity contribution in [2.24, 2.45) is 0 Å². The number of hydrogen-bond acceptors (Lipinski definition) is 2. The molecule has 0 rings (SSSR count). The van der Waals surface area contributed by atoms with Crippen molar-refractivity contribution in [3.63, 3.8) is 0 Å². The zero-order valence-corrected chi connectivity index (χ0v) is 2.94. The number of hydrogen-bond donors (Lipinski definition) is 0. The Morgan fingerprint density at radius 3 is 1.60 bits per heavy atom. The highest BCUT2D eigenvalue weighted by atomic mass is 16.6. The molecule has 2 radical (unpaired) electrons. The van der Waals surface area contributed by atoms with Crippen LogP contribution in [0.15, 0.2) is 0 Å². The van der Waals surface area contributed by atoms with Gasteiger partial charge in [-0.05, 0) is 0 Å². The highest BCUT2D eigenvalue weighted by molar-refractivity contribution is 4.00. The predicted molar refractivity (Wildman–Crippen MR) is 17.8 cm³/mol. The first-order valence-electron chi connectivity index (χ1n) is 1.15. The molecule has 2 heteroatoms. The summed E-state index contributed by atoms with van der Waals surface area (Å²) in [5.41, 5.74) is 0. The van der Waals surface area contributed by atoms with Crippen LogP contribution in [0.3, 0.4) is 0 Å². The van der Waals surface area contributed by atoms with E-state index in [1.165, 1.54) is 0 Å². The molecule has 0 saturated carbocycles. The van der Waals surface area contributed by atoms with E-state index in [2.05, 4.69) is 23.7 Å². The second-order valence-electron chi connectivity index (χ2n) is 0.526. The predicted octanol–water partition coefficient (Wildman–Crippen LogP) is 0.560. The summed E-state index contributed by atoms with van der Waals surface area (Å²) in [6.07, 6.45) is 0. The Bertz CT molecular complexity index is 12.4. The summed E-state index contributed by atoms with van der Waals surface area (Å²) in [6.45, 7) is 0.167. The molecular formula is C3H6O2. The first-order chi connectivity index (χ1) is 2.41. The van der Waals surface area contributed by atoms with E-state index < -0.39 is 0 Å². The Balaban J connectivity index is 2.19. The van der Waals surface area contributed by atoms with E-state index in [0.29, 0.717) is 0 Å². The van der Waals surface area contributed by atoms with Gasteiger partial charge in [-0.1, -0.05) is 0 Å². The highest BCUT2D eigenvalue weighted by Crippen LogP contribution is 1.65. The van der Waals surface area contributed by atoms with Gasteiger partial charge in [0.15, 0.2) is 0 Å². The van der Waals surface area contributed by atoms with Gasteiger partial charge >= 0.3 is 0 Å². The summed E-state index contributed by atoms with van der Waals surface area (Å²) in [5.74, 6) is 0. The second kappa shape index (κ2) is 3.92. The van der Waals surface area contributed by atoms with Crippen LogP contribution >= 0.6 is 0 Å². The third-order valence-electron chi connectivity index (χ3n) is 0.167. The minimum Gasteiger partial charge on any atom is -0.353 e. The molecule has 0 aromatic carbocycles. The average Bonchev–Trinajstić information content (AvgIpc) is 1.41. The van der Waals surface area contributed by atoms with Gasteiger partial charge in [0.05, 0.1) is 14.2 Å². The molecule has 0 aliphatic heterocycles. The van der Waals surface area contributed by atoms with Gasteiger partial charge in [0.25, 0.3) is 0 Å². The van der Waals surface area contributed by atoms with Gasteiger partial charge in [0.1, 0.15) is 6.79 Å².